The van der Waals surface area contributed by atoms with Crippen LogP contribution in [0, 0.1) is 0 Å². The van der Waals surface area contributed by atoms with Crippen LogP contribution < -0.4 is 10.2 Å². The zero-order valence-corrected chi connectivity index (χ0v) is 29.3. The zero-order valence-electron chi connectivity index (χ0n) is 27.1. The number of aliphatic carboxylic acids is 4. The SMILES string of the molecule is O=C(O)[C@H](O)[C@@H](O)[C@H](O)[C@H](O)CO.O=C(O)[C@H](O)[C@@H](O)[C@H](O)[C@H](O)CO.O=C([O-])[C@H](O)[C@@H](O)[C@H](O)[C@H](O)CO.O=C([O-])[C@H](O)[C@@H](O)[C@H](O)[C@H](O)CO.[Ca+2]. The number of aliphatic hydroxyl groups is 20. The molecule has 29 heteroatoms. The van der Waals surface area contributed by atoms with Gasteiger partial charge in [0.15, 0.2) is 12.2 Å². The fourth-order valence-electron chi connectivity index (χ4n) is 2.66. The van der Waals surface area contributed by atoms with Crippen LogP contribution in [0.1, 0.15) is 0 Å². The van der Waals surface area contributed by atoms with E-state index in [0.717, 1.165) is 0 Å². The summed E-state index contributed by atoms with van der Waals surface area (Å²) in [5, 5.41) is 211. The van der Waals surface area contributed by atoms with Gasteiger partial charge in [0, 0.05) is 0 Å². The van der Waals surface area contributed by atoms with Gasteiger partial charge >= 0.3 is 49.7 Å². The molecule has 0 saturated carbocycles. The molecule has 0 bridgehead atoms. The van der Waals surface area contributed by atoms with E-state index >= 15 is 0 Å². The average Bonchev–Trinajstić information content (AvgIpc) is 3.12. The van der Waals surface area contributed by atoms with Crippen LogP contribution in [-0.4, -0.2) is 298 Å². The Kier molecular flexibility index (Phi) is 36.0. The normalized spacial score (nSPS) is 20.0. The number of hydrogen-bond donors (Lipinski definition) is 22. The third-order valence-corrected chi connectivity index (χ3v) is 6.01. The van der Waals surface area contributed by atoms with Crippen LogP contribution in [0.4, 0.5) is 0 Å². The average molecular weight is 823 g/mol. The zero-order chi connectivity index (χ0) is 42.4. The molecule has 0 saturated heterocycles. The Bertz CT molecular complexity index is 841. The summed E-state index contributed by atoms with van der Waals surface area (Å²) in [5.74, 6) is -7.40. The van der Waals surface area contributed by atoms with Gasteiger partial charge in [0.2, 0.25) is 0 Å². The van der Waals surface area contributed by atoms with Crippen molar-refractivity contribution in [2.75, 3.05) is 26.4 Å². The van der Waals surface area contributed by atoms with E-state index in [2.05, 4.69) is 0 Å². The summed E-state index contributed by atoms with van der Waals surface area (Å²) >= 11 is 0. The Morgan fingerprint density at radius 2 is 0.491 bits per heavy atom. The Hall–Kier alpha value is -1.66. The molecule has 0 aromatic carbocycles. The van der Waals surface area contributed by atoms with Gasteiger partial charge in [0.05, 0.1) is 38.4 Å². The summed E-state index contributed by atoms with van der Waals surface area (Å²) < 4.78 is 0. The van der Waals surface area contributed by atoms with Gasteiger partial charge in [0.25, 0.3) is 0 Å². The number of carboxylic acids is 4. The van der Waals surface area contributed by atoms with Crippen LogP contribution >= 0.6 is 0 Å². The summed E-state index contributed by atoms with van der Waals surface area (Å²) in [6.45, 7) is -3.41. The first-order valence-electron chi connectivity index (χ1n) is 13.9. The summed E-state index contributed by atoms with van der Waals surface area (Å²) in [5.41, 5.74) is 0. The van der Waals surface area contributed by atoms with E-state index in [0.29, 0.717) is 0 Å². The second-order valence-corrected chi connectivity index (χ2v) is 10.0. The van der Waals surface area contributed by atoms with Crippen molar-refractivity contribution >= 4 is 61.6 Å². The Labute approximate surface area is 326 Å². The molecule has 312 valence electrons. The Balaban J connectivity index is -0.000000192. The molecule has 0 aliphatic carbocycles. The van der Waals surface area contributed by atoms with Crippen LogP contribution in [0.15, 0.2) is 0 Å². The monoisotopic (exact) mass is 822 g/mol. The summed E-state index contributed by atoms with van der Waals surface area (Å²) in [6.07, 6.45) is -31.8. The summed E-state index contributed by atoms with van der Waals surface area (Å²) in [6, 6.07) is 0. The van der Waals surface area contributed by atoms with Gasteiger partial charge in [-0.2, -0.15) is 0 Å². The molecule has 0 aromatic rings. The fourth-order valence-corrected chi connectivity index (χ4v) is 2.66. The molecule has 22 N–H and O–H groups in total. The molecular weight excluding hydrogens is 776 g/mol. The van der Waals surface area contributed by atoms with Crippen molar-refractivity contribution in [2.24, 2.45) is 0 Å². The minimum absolute atomic E-state index is 0. The standard InChI is InChI=1S/4C6H12O7.Ca/c4*7-1-2(8)3(9)4(10)5(11)6(12)13;/h4*2-5,7-11H,1H2,(H,12,13);/q;;;;+2/p-2/t4*2-,3-,4+,5-;/m1111./s1. The molecule has 0 fully saturated rings. The molecule has 16 atom stereocenters. The van der Waals surface area contributed by atoms with Crippen LogP contribution in [0.2, 0.25) is 0 Å². The van der Waals surface area contributed by atoms with E-state index < -0.39 is 148 Å². The van der Waals surface area contributed by atoms with Gasteiger partial charge in [-0.3, -0.25) is 0 Å². The van der Waals surface area contributed by atoms with Crippen molar-refractivity contribution in [1.82, 2.24) is 0 Å². The number of carboxylic acid groups (broad SMARTS) is 4. The van der Waals surface area contributed by atoms with Crippen LogP contribution in [-0.2, 0) is 19.2 Å². The molecule has 0 aromatic heterocycles. The quantitative estimate of drug-likeness (QED) is 0.0507. The van der Waals surface area contributed by atoms with Crippen molar-refractivity contribution in [3.8, 4) is 0 Å². The van der Waals surface area contributed by atoms with Crippen molar-refractivity contribution in [1.29, 1.82) is 0 Å². The molecular formula is C24H46CaO28. The Morgan fingerprint density at radius 3 is 0.604 bits per heavy atom. The molecule has 0 radical (unpaired) electrons. The molecule has 0 heterocycles. The molecule has 53 heavy (non-hydrogen) atoms. The van der Waals surface area contributed by atoms with Gasteiger partial charge in [-0.25, -0.2) is 9.59 Å². The van der Waals surface area contributed by atoms with Gasteiger partial charge in [-0.05, 0) is 0 Å². The van der Waals surface area contributed by atoms with Gasteiger partial charge < -0.3 is 132 Å². The maximum absolute atomic E-state index is 10.1. The third kappa shape index (κ3) is 23.8. The third-order valence-electron chi connectivity index (χ3n) is 6.01. The molecule has 0 rings (SSSR count). The van der Waals surface area contributed by atoms with Crippen molar-refractivity contribution in [2.45, 2.75) is 97.7 Å². The first-order chi connectivity index (χ1) is 23.7. The molecule has 0 aliphatic heterocycles. The molecule has 0 spiro atoms. The second kappa shape index (κ2) is 31.5. The minimum Gasteiger partial charge on any atom is -0.547 e. The maximum Gasteiger partial charge on any atom is 2.00 e. The summed E-state index contributed by atoms with van der Waals surface area (Å²) in [7, 11) is 0. The topological polar surface area (TPSA) is 559 Å². The van der Waals surface area contributed by atoms with E-state index in [1.165, 1.54) is 0 Å². The smallest absolute Gasteiger partial charge is 0.547 e. The van der Waals surface area contributed by atoms with E-state index in [1.54, 1.807) is 0 Å². The van der Waals surface area contributed by atoms with Crippen LogP contribution in [0.25, 0.3) is 0 Å². The minimum atomic E-state index is -2.31. The molecule has 28 nitrogen and oxygen atoms in total. The van der Waals surface area contributed by atoms with Crippen molar-refractivity contribution in [3.63, 3.8) is 0 Å². The molecule has 0 amide bonds. The van der Waals surface area contributed by atoms with Gasteiger partial charge in [-0.1, -0.05) is 0 Å². The number of carbonyl (C=O) groups is 4. The first kappa shape index (κ1) is 60.6. The van der Waals surface area contributed by atoms with Crippen LogP contribution in [0.3, 0.4) is 0 Å². The number of hydrogen-bond acceptors (Lipinski definition) is 26. The first-order valence-corrected chi connectivity index (χ1v) is 13.9. The number of rotatable bonds is 20. The second-order valence-electron chi connectivity index (χ2n) is 10.0. The van der Waals surface area contributed by atoms with Gasteiger partial charge in [-0.15, -0.1) is 0 Å². The van der Waals surface area contributed by atoms with E-state index in [4.69, 9.17) is 112 Å². The predicted molar refractivity (Wildman–Crippen MR) is 155 cm³/mol. The largest absolute Gasteiger partial charge is 2.00 e. The van der Waals surface area contributed by atoms with Gasteiger partial charge in [0.1, 0.15) is 85.5 Å². The molecule has 0 aliphatic rings. The van der Waals surface area contributed by atoms with Crippen molar-refractivity contribution in [3.05, 3.63) is 0 Å². The molecule has 0 unspecified atom stereocenters. The van der Waals surface area contributed by atoms with E-state index in [9.17, 15) is 29.4 Å². The predicted octanol–water partition coefficient (Wildman–Crippen LogP) is -17.0. The summed E-state index contributed by atoms with van der Waals surface area (Å²) in [4.78, 5) is 40.1. The van der Waals surface area contributed by atoms with E-state index in [1.807, 2.05) is 0 Å². The number of carbonyl (C=O) groups excluding carboxylic acids is 2. The van der Waals surface area contributed by atoms with Crippen molar-refractivity contribution < 1.29 is 142 Å². The maximum atomic E-state index is 10.1. The van der Waals surface area contributed by atoms with Crippen LogP contribution in [0.5, 0.6) is 0 Å². The van der Waals surface area contributed by atoms with E-state index in [-0.39, 0.29) is 37.7 Å². The fraction of sp³-hybridized carbons (Fsp3) is 0.833. The number of aliphatic hydroxyl groups excluding tert-OH is 20. The Morgan fingerprint density at radius 1 is 0.340 bits per heavy atom.